The molecule has 0 saturated carbocycles. The Morgan fingerprint density at radius 3 is 2.85 bits per heavy atom. The van der Waals surface area contributed by atoms with Gasteiger partial charge in [-0.05, 0) is 76.0 Å². The van der Waals surface area contributed by atoms with E-state index < -0.39 is 11.9 Å². The van der Waals surface area contributed by atoms with Gasteiger partial charge in [-0.15, -0.1) is 16.4 Å². The van der Waals surface area contributed by atoms with Gasteiger partial charge < -0.3 is 10.2 Å². The maximum Gasteiger partial charge on any atom is 0.304 e. The van der Waals surface area contributed by atoms with E-state index in [4.69, 9.17) is 11.6 Å². The molecule has 2 atom stereocenters. The lowest BCUT2D eigenvalue weighted by molar-refractivity contribution is -0.137. The first kappa shape index (κ1) is 27.6. The van der Waals surface area contributed by atoms with Crippen LogP contribution >= 0.6 is 22.9 Å². The zero-order valence-electron chi connectivity index (χ0n) is 23.3. The first-order chi connectivity index (χ1) is 19.7. The van der Waals surface area contributed by atoms with E-state index in [1.54, 1.807) is 29.1 Å². The minimum absolute atomic E-state index is 0.0481. The fraction of sp³-hybridized carbons (Fsp3) is 0.355. The number of aromatic hydroxyl groups is 1. The van der Waals surface area contributed by atoms with E-state index >= 15 is 0 Å². The van der Waals surface area contributed by atoms with Crippen LogP contribution in [0.2, 0.25) is 5.02 Å². The van der Waals surface area contributed by atoms with Crippen LogP contribution in [0.15, 0.2) is 41.8 Å². The normalized spacial score (nSPS) is 16.6. The molecule has 2 N–H and O–H groups in total. The zero-order chi connectivity index (χ0) is 28.8. The first-order valence-corrected chi connectivity index (χ1v) is 15.1. The van der Waals surface area contributed by atoms with E-state index in [2.05, 4.69) is 50.7 Å². The largest absolute Gasteiger partial charge is 0.493 e. The van der Waals surface area contributed by atoms with E-state index in [0.29, 0.717) is 29.5 Å². The molecule has 6 rings (SSSR count). The maximum absolute atomic E-state index is 12.2. The Balaban J connectivity index is 1.44. The quantitative estimate of drug-likeness (QED) is 0.225. The SMILES string of the molecule is CC[C@H]1Cc2ccc(O)nc2CN(Cc2cc([C@H](CC(=O)O)c3cc(Cl)c4c(nnn4C)c3C)cc3ccsc23)C1. The highest BCUT2D eigenvalue weighted by atomic mass is 35.5. The predicted molar refractivity (Wildman–Crippen MR) is 162 cm³/mol. The number of halogens is 1. The number of nitrogens with zero attached hydrogens (tertiary/aromatic N) is 5. The van der Waals surface area contributed by atoms with Crippen LogP contribution < -0.4 is 0 Å². The van der Waals surface area contributed by atoms with Crippen LogP contribution in [0.25, 0.3) is 21.1 Å². The number of carboxylic acid groups (broad SMARTS) is 1. The van der Waals surface area contributed by atoms with Crippen LogP contribution in [0.1, 0.15) is 59.2 Å². The molecular formula is C31H32ClN5O3S. The molecule has 0 fully saturated rings. The number of hydrogen-bond donors (Lipinski definition) is 2. The molecule has 41 heavy (non-hydrogen) atoms. The minimum atomic E-state index is -0.877. The number of aryl methyl sites for hydroxylation is 2. The second kappa shape index (κ2) is 11.0. The van der Waals surface area contributed by atoms with Crippen molar-refractivity contribution >= 4 is 50.0 Å². The highest BCUT2D eigenvalue weighted by molar-refractivity contribution is 7.17. The second-order valence-corrected chi connectivity index (χ2v) is 12.4. The summed E-state index contributed by atoms with van der Waals surface area (Å²) in [5.41, 5.74) is 7.37. The van der Waals surface area contributed by atoms with Gasteiger partial charge in [0.15, 0.2) is 0 Å². The molecule has 0 spiro atoms. The van der Waals surface area contributed by atoms with Gasteiger partial charge in [-0.3, -0.25) is 9.69 Å². The summed E-state index contributed by atoms with van der Waals surface area (Å²) in [5, 5.41) is 32.2. The Morgan fingerprint density at radius 2 is 2.07 bits per heavy atom. The molecule has 5 aromatic rings. The number of benzene rings is 2. The molecule has 10 heteroatoms. The summed E-state index contributed by atoms with van der Waals surface area (Å²) in [5.74, 6) is -0.761. The monoisotopic (exact) mass is 589 g/mol. The van der Waals surface area contributed by atoms with Crippen LogP contribution in [0.4, 0.5) is 0 Å². The van der Waals surface area contributed by atoms with Gasteiger partial charge in [0, 0.05) is 43.4 Å². The van der Waals surface area contributed by atoms with Gasteiger partial charge in [-0.2, -0.15) is 0 Å². The number of pyridine rings is 1. The highest BCUT2D eigenvalue weighted by Crippen LogP contribution is 2.39. The van der Waals surface area contributed by atoms with Crippen molar-refractivity contribution in [3.8, 4) is 5.88 Å². The van der Waals surface area contributed by atoms with Crippen molar-refractivity contribution in [1.82, 2.24) is 24.9 Å². The van der Waals surface area contributed by atoms with Crippen molar-refractivity contribution in [2.24, 2.45) is 13.0 Å². The van der Waals surface area contributed by atoms with Crippen molar-refractivity contribution in [2.45, 2.75) is 52.1 Å². The summed E-state index contributed by atoms with van der Waals surface area (Å²) < 4.78 is 2.84. The Labute approximate surface area is 247 Å². The van der Waals surface area contributed by atoms with Crippen LogP contribution in [-0.4, -0.2) is 47.6 Å². The molecule has 1 aliphatic heterocycles. The molecular weight excluding hydrogens is 558 g/mol. The number of thiophene rings is 1. The number of hydrogen-bond acceptors (Lipinski definition) is 7. The average Bonchev–Trinajstić information content (AvgIpc) is 3.53. The summed E-state index contributed by atoms with van der Waals surface area (Å²) in [6.07, 6.45) is 1.92. The summed E-state index contributed by atoms with van der Waals surface area (Å²) in [4.78, 5) is 19.1. The van der Waals surface area contributed by atoms with Gasteiger partial charge in [0.05, 0.1) is 17.1 Å². The van der Waals surface area contributed by atoms with Crippen LogP contribution in [0, 0.1) is 12.8 Å². The molecule has 0 bridgehead atoms. The minimum Gasteiger partial charge on any atom is -0.493 e. The standard InChI is InChI=1S/C31H32ClN5O3S/c1-4-18-9-19-5-6-27(38)33-26(19)16-37(14-18)15-22-11-21(10-20-7-8-41-31(20)22)24(13-28(39)40)23-12-25(32)30-29(17(23)2)34-35-36(30)3/h5-8,10-12,18,24H,4,9,13-16H2,1-3H3,(H,33,38)(H,39,40)/t18-,24-/m0/s1. The van der Waals surface area contributed by atoms with Gasteiger partial charge in [-0.1, -0.05) is 42.3 Å². The van der Waals surface area contributed by atoms with Gasteiger partial charge >= 0.3 is 5.97 Å². The van der Waals surface area contributed by atoms with Gasteiger partial charge in [0.2, 0.25) is 5.88 Å². The Morgan fingerprint density at radius 1 is 1.24 bits per heavy atom. The predicted octanol–water partition coefficient (Wildman–Crippen LogP) is 6.44. The van der Waals surface area contributed by atoms with Gasteiger partial charge in [-0.25, -0.2) is 9.67 Å². The molecule has 0 radical (unpaired) electrons. The number of carboxylic acids is 1. The van der Waals surface area contributed by atoms with E-state index in [0.717, 1.165) is 58.2 Å². The second-order valence-electron chi connectivity index (χ2n) is 11.1. The number of carbonyl (C=O) groups is 1. The molecule has 0 amide bonds. The van der Waals surface area contributed by atoms with Gasteiger partial charge in [0.25, 0.3) is 0 Å². The zero-order valence-corrected chi connectivity index (χ0v) is 24.8. The number of rotatable bonds is 7. The molecule has 8 nitrogen and oxygen atoms in total. The first-order valence-electron chi connectivity index (χ1n) is 13.8. The summed E-state index contributed by atoms with van der Waals surface area (Å²) in [6, 6.07) is 11.9. The van der Waals surface area contributed by atoms with E-state index in [1.807, 2.05) is 19.1 Å². The van der Waals surface area contributed by atoms with Crippen molar-refractivity contribution in [3.63, 3.8) is 0 Å². The third-order valence-electron chi connectivity index (χ3n) is 8.35. The number of aromatic nitrogens is 4. The van der Waals surface area contributed by atoms with E-state index in [1.165, 1.54) is 10.3 Å². The Hall–Kier alpha value is -3.53. The molecule has 1 aliphatic rings. The lowest BCUT2D eigenvalue weighted by Crippen LogP contribution is -2.27. The molecule has 0 saturated heterocycles. The van der Waals surface area contributed by atoms with Crippen LogP contribution in [-0.2, 0) is 31.4 Å². The number of aliphatic carboxylic acids is 1. The average molecular weight is 590 g/mol. The summed E-state index contributed by atoms with van der Waals surface area (Å²) in [6.45, 7) is 6.44. The molecule has 0 unspecified atom stereocenters. The Kier molecular flexibility index (Phi) is 7.44. The molecule has 212 valence electrons. The Bertz CT molecular complexity index is 1780. The molecule has 4 heterocycles. The summed E-state index contributed by atoms with van der Waals surface area (Å²) in [7, 11) is 1.80. The highest BCUT2D eigenvalue weighted by Gasteiger charge is 2.27. The van der Waals surface area contributed by atoms with Gasteiger partial charge in [0.1, 0.15) is 11.0 Å². The summed E-state index contributed by atoms with van der Waals surface area (Å²) >= 11 is 8.41. The fourth-order valence-electron chi connectivity index (χ4n) is 6.26. The molecule has 2 aromatic carbocycles. The van der Waals surface area contributed by atoms with Crippen molar-refractivity contribution in [2.75, 3.05) is 6.54 Å². The van der Waals surface area contributed by atoms with E-state index in [9.17, 15) is 15.0 Å². The smallest absolute Gasteiger partial charge is 0.304 e. The van der Waals surface area contributed by atoms with E-state index in [-0.39, 0.29) is 12.3 Å². The van der Waals surface area contributed by atoms with Crippen molar-refractivity contribution < 1.29 is 15.0 Å². The lowest BCUT2D eigenvalue weighted by atomic mass is 9.84. The van der Waals surface area contributed by atoms with Crippen molar-refractivity contribution in [3.05, 3.63) is 80.3 Å². The maximum atomic E-state index is 12.2. The lowest BCUT2D eigenvalue weighted by Gasteiger charge is -2.25. The third kappa shape index (κ3) is 5.29. The number of fused-ring (bicyclic) bond motifs is 3. The molecule has 0 aliphatic carbocycles. The topological polar surface area (TPSA) is 104 Å². The van der Waals surface area contributed by atoms with Crippen LogP contribution in [0.5, 0.6) is 5.88 Å². The van der Waals surface area contributed by atoms with Crippen LogP contribution in [0.3, 0.4) is 0 Å². The molecule has 3 aromatic heterocycles. The van der Waals surface area contributed by atoms with Crippen molar-refractivity contribution in [1.29, 1.82) is 0 Å². The third-order valence-corrected chi connectivity index (χ3v) is 9.65. The fourth-order valence-corrected chi connectivity index (χ4v) is 7.48.